The molecule has 0 unspecified atom stereocenters. The summed E-state index contributed by atoms with van der Waals surface area (Å²) in [6.07, 6.45) is 1.69. The summed E-state index contributed by atoms with van der Waals surface area (Å²) >= 11 is 1.28. The van der Waals surface area contributed by atoms with E-state index in [9.17, 15) is 9.59 Å². The summed E-state index contributed by atoms with van der Waals surface area (Å²) in [5, 5.41) is 8.93. The number of aryl methyl sites for hydroxylation is 1. The third kappa shape index (κ3) is 3.84. The number of nitrogens with one attached hydrogen (secondary N) is 1. The number of ether oxygens (including phenoxy) is 1. The second-order valence-corrected chi connectivity index (χ2v) is 7.08. The third-order valence-corrected chi connectivity index (χ3v) is 5.28. The van der Waals surface area contributed by atoms with E-state index < -0.39 is 5.97 Å². The predicted molar refractivity (Wildman–Crippen MR) is 106 cm³/mol. The first-order valence-electron chi connectivity index (χ1n) is 8.77. The number of rotatable bonds is 7. The first kappa shape index (κ1) is 19.8. The van der Waals surface area contributed by atoms with Crippen molar-refractivity contribution < 1.29 is 14.3 Å². The lowest BCUT2D eigenvalue weighted by Crippen LogP contribution is -2.09. The zero-order valence-electron chi connectivity index (χ0n) is 16.1. The van der Waals surface area contributed by atoms with Crippen LogP contribution in [-0.2, 0) is 11.8 Å². The molecule has 0 saturated heterocycles. The molecule has 0 aliphatic heterocycles. The fourth-order valence-corrected chi connectivity index (χ4v) is 3.68. The van der Waals surface area contributed by atoms with E-state index in [4.69, 9.17) is 4.74 Å². The van der Waals surface area contributed by atoms with Gasteiger partial charge in [0.05, 0.1) is 23.6 Å². The van der Waals surface area contributed by atoms with Gasteiger partial charge >= 0.3 is 5.97 Å². The van der Waals surface area contributed by atoms with Crippen LogP contribution in [0.25, 0.3) is 11.5 Å². The lowest BCUT2D eigenvalue weighted by atomic mass is 10.1. The zero-order chi connectivity index (χ0) is 20.3. The quantitative estimate of drug-likeness (QED) is 0.370. The second-order valence-electron chi connectivity index (χ2n) is 6.14. The minimum Gasteiger partial charge on any atom is -0.462 e. The Morgan fingerprint density at radius 1 is 1.25 bits per heavy atom. The molecule has 0 aromatic carbocycles. The monoisotopic (exact) mass is 399 g/mol. The Morgan fingerprint density at radius 3 is 2.71 bits per heavy atom. The van der Waals surface area contributed by atoms with Crippen molar-refractivity contribution in [1.82, 2.24) is 24.7 Å². The summed E-state index contributed by atoms with van der Waals surface area (Å²) in [5.74, 6) is 0.251. The van der Waals surface area contributed by atoms with Crippen molar-refractivity contribution in [3.05, 3.63) is 46.9 Å². The number of Topliss-reactive ketones (excluding diaryl/α,β-unsaturated/α-hetero) is 1. The number of nitrogens with zero attached hydrogens (tertiary/aromatic N) is 4. The Kier molecular flexibility index (Phi) is 5.93. The van der Waals surface area contributed by atoms with Gasteiger partial charge < -0.3 is 14.3 Å². The summed E-state index contributed by atoms with van der Waals surface area (Å²) in [6.45, 7) is 5.53. The van der Waals surface area contributed by atoms with E-state index in [1.807, 2.05) is 25.2 Å². The molecule has 0 amide bonds. The van der Waals surface area contributed by atoms with E-state index in [0.29, 0.717) is 39.2 Å². The minimum atomic E-state index is -0.422. The van der Waals surface area contributed by atoms with E-state index in [2.05, 4.69) is 20.2 Å². The maximum absolute atomic E-state index is 12.7. The highest BCUT2D eigenvalue weighted by Gasteiger charge is 2.23. The van der Waals surface area contributed by atoms with Gasteiger partial charge in [0, 0.05) is 18.9 Å². The van der Waals surface area contributed by atoms with Crippen LogP contribution in [0.5, 0.6) is 0 Å². The molecule has 3 aromatic rings. The van der Waals surface area contributed by atoms with Crippen molar-refractivity contribution in [1.29, 1.82) is 0 Å². The molecular weight excluding hydrogens is 378 g/mol. The van der Waals surface area contributed by atoms with Crippen LogP contribution in [0, 0.1) is 13.8 Å². The van der Waals surface area contributed by atoms with E-state index in [1.54, 1.807) is 31.5 Å². The molecule has 0 atom stereocenters. The Hall–Kier alpha value is -2.94. The van der Waals surface area contributed by atoms with Gasteiger partial charge in [-0.05, 0) is 38.5 Å². The molecule has 0 fully saturated rings. The van der Waals surface area contributed by atoms with Crippen LogP contribution >= 0.6 is 11.8 Å². The van der Waals surface area contributed by atoms with Gasteiger partial charge in [-0.1, -0.05) is 17.8 Å². The number of aromatic nitrogens is 5. The minimum absolute atomic E-state index is 0.122. The van der Waals surface area contributed by atoms with Gasteiger partial charge in [-0.2, -0.15) is 0 Å². The molecule has 0 aliphatic rings. The number of pyridine rings is 1. The van der Waals surface area contributed by atoms with Gasteiger partial charge in [0.2, 0.25) is 0 Å². The van der Waals surface area contributed by atoms with E-state index in [0.717, 1.165) is 0 Å². The molecule has 146 valence electrons. The highest BCUT2D eigenvalue weighted by Crippen LogP contribution is 2.24. The van der Waals surface area contributed by atoms with Gasteiger partial charge in [-0.3, -0.25) is 9.78 Å². The van der Waals surface area contributed by atoms with Crippen molar-refractivity contribution >= 4 is 23.5 Å². The fourth-order valence-electron chi connectivity index (χ4n) is 2.90. The number of thioether (sulfide) groups is 1. The highest BCUT2D eigenvalue weighted by molar-refractivity contribution is 7.99. The zero-order valence-corrected chi connectivity index (χ0v) is 17.0. The number of hydrogen-bond donors (Lipinski definition) is 1. The van der Waals surface area contributed by atoms with Crippen LogP contribution in [0.2, 0.25) is 0 Å². The summed E-state index contributed by atoms with van der Waals surface area (Å²) in [7, 11) is 1.83. The van der Waals surface area contributed by atoms with Crippen LogP contribution in [0.4, 0.5) is 0 Å². The first-order valence-corrected chi connectivity index (χ1v) is 9.75. The normalized spacial score (nSPS) is 10.9. The van der Waals surface area contributed by atoms with Crippen LogP contribution in [-0.4, -0.2) is 48.8 Å². The Bertz CT molecular complexity index is 1010. The molecule has 0 saturated carbocycles. The number of carbonyl (C=O) groups excluding carboxylic acids is 2. The van der Waals surface area contributed by atoms with Crippen molar-refractivity contribution in [2.45, 2.75) is 25.9 Å². The van der Waals surface area contributed by atoms with Crippen LogP contribution in [0.15, 0.2) is 29.6 Å². The van der Waals surface area contributed by atoms with Crippen LogP contribution in [0.1, 0.15) is 39.0 Å². The molecule has 8 nitrogen and oxygen atoms in total. The number of H-pyrrole nitrogens is 1. The van der Waals surface area contributed by atoms with Crippen LogP contribution < -0.4 is 0 Å². The summed E-state index contributed by atoms with van der Waals surface area (Å²) < 4.78 is 6.87. The highest BCUT2D eigenvalue weighted by atomic mass is 32.2. The molecule has 3 aromatic heterocycles. The second kappa shape index (κ2) is 8.39. The number of ketones is 1. The molecule has 0 radical (unpaired) electrons. The molecule has 0 bridgehead atoms. The number of aromatic amines is 1. The molecule has 0 spiro atoms. The van der Waals surface area contributed by atoms with E-state index in [-0.39, 0.29) is 18.1 Å². The van der Waals surface area contributed by atoms with Gasteiger partial charge in [-0.25, -0.2) is 4.79 Å². The summed E-state index contributed by atoms with van der Waals surface area (Å²) in [6, 6.07) is 5.57. The Labute approximate surface area is 166 Å². The maximum Gasteiger partial charge on any atom is 0.340 e. The molecule has 1 N–H and O–H groups in total. The predicted octanol–water partition coefficient (Wildman–Crippen LogP) is 2.97. The van der Waals surface area contributed by atoms with Gasteiger partial charge in [0.25, 0.3) is 0 Å². The molecule has 0 aliphatic carbocycles. The Morgan fingerprint density at radius 2 is 2.04 bits per heavy atom. The molecule has 3 heterocycles. The molecule has 28 heavy (non-hydrogen) atoms. The molecular formula is C19H21N5O3S. The SMILES string of the molecule is CCOC(=O)c1c(C)[nH]c(C(=O)CSc2nnc(-c3ccccn3)n2C)c1C. The standard InChI is InChI=1S/C19H21N5O3S/c1-5-27-18(26)15-11(2)16(21-12(15)3)14(25)10-28-19-23-22-17(24(19)4)13-8-6-7-9-20-13/h6-9,21H,5,10H2,1-4H3. The van der Waals surface area contributed by atoms with Crippen molar-refractivity contribution in [3.63, 3.8) is 0 Å². The first-order chi connectivity index (χ1) is 13.4. The lowest BCUT2D eigenvalue weighted by Gasteiger charge is -2.04. The van der Waals surface area contributed by atoms with Gasteiger partial charge in [0.15, 0.2) is 16.8 Å². The van der Waals surface area contributed by atoms with E-state index >= 15 is 0 Å². The smallest absolute Gasteiger partial charge is 0.340 e. The molecule has 9 heteroatoms. The Balaban J connectivity index is 1.74. The maximum atomic E-state index is 12.7. The number of esters is 1. The average Bonchev–Trinajstić information content (AvgIpc) is 3.20. The molecule has 3 rings (SSSR count). The number of carbonyl (C=O) groups is 2. The van der Waals surface area contributed by atoms with Gasteiger partial charge in [-0.15, -0.1) is 10.2 Å². The number of hydrogen-bond acceptors (Lipinski definition) is 7. The van der Waals surface area contributed by atoms with Crippen molar-refractivity contribution in [2.24, 2.45) is 7.05 Å². The third-order valence-electron chi connectivity index (χ3n) is 4.26. The van der Waals surface area contributed by atoms with Crippen LogP contribution in [0.3, 0.4) is 0 Å². The van der Waals surface area contributed by atoms with Crippen molar-refractivity contribution in [3.8, 4) is 11.5 Å². The lowest BCUT2D eigenvalue weighted by molar-refractivity contribution is 0.0525. The topological polar surface area (TPSA) is 103 Å². The van der Waals surface area contributed by atoms with Crippen molar-refractivity contribution in [2.75, 3.05) is 12.4 Å². The summed E-state index contributed by atoms with van der Waals surface area (Å²) in [4.78, 5) is 32.1. The van der Waals surface area contributed by atoms with Gasteiger partial charge in [0.1, 0.15) is 5.69 Å². The largest absolute Gasteiger partial charge is 0.462 e. The summed E-state index contributed by atoms with van der Waals surface area (Å²) in [5.41, 5.74) is 2.78. The fraction of sp³-hybridized carbons (Fsp3) is 0.316. The average molecular weight is 399 g/mol. The van der Waals surface area contributed by atoms with E-state index in [1.165, 1.54) is 11.8 Å².